The van der Waals surface area contributed by atoms with Crippen molar-refractivity contribution in [1.82, 2.24) is 15.1 Å². The third kappa shape index (κ3) is 2.50. The van der Waals surface area contributed by atoms with Crippen LogP contribution in [-0.4, -0.2) is 15.1 Å². The maximum absolute atomic E-state index is 6.11. The highest BCUT2D eigenvalue weighted by Gasteiger charge is 2.15. The quantitative estimate of drug-likeness (QED) is 0.637. The average Bonchev–Trinajstić information content (AvgIpc) is 2.88. The van der Waals surface area contributed by atoms with Crippen molar-refractivity contribution in [3.63, 3.8) is 0 Å². The van der Waals surface area contributed by atoms with Crippen molar-refractivity contribution in [2.45, 2.75) is 0 Å². The summed E-state index contributed by atoms with van der Waals surface area (Å²) in [5.74, 6) is 0.644. The fourth-order valence-electron chi connectivity index (χ4n) is 1.66. The van der Waals surface area contributed by atoms with Crippen molar-refractivity contribution >= 4 is 34.8 Å². The molecule has 100 valence electrons. The van der Waals surface area contributed by atoms with Crippen molar-refractivity contribution < 1.29 is 4.52 Å². The van der Waals surface area contributed by atoms with Crippen LogP contribution in [0.3, 0.4) is 0 Å². The van der Waals surface area contributed by atoms with Crippen molar-refractivity contribution in [2.75, 3.05) is 0 Å². The van der Waals surface area contributed by atoms with E-state index in [0.29, 0.717) is 32.1 Å². The SMILES string of the molecule is Clc1ccc(-c2noc(-c3cccnc3Cl)n2)c(Cl)c1. The van der Waals surface area contributed by atoms with Crippen molar-refractivity contribution in [3.8, 4) is 22.8 Å². The predicted octanol–water partition coefficient (Wildman–Crippen LogP) is 4.76. The van der Waals surface area contributed by atoms with Gasteiger partial charge >= 0.3 is 0 Å². The van der Waals surface area contributed by atoms with Gasteiger partial charge in [-0.25, -0.2) is 4.98 Å². The number of pyridine rings is 1. The van der Waals surface area contributed by atoms with Gasteiger partial charge in [-0.3, -0.25) is 0 Å². The first-order chi connectivity index (χ1) is 9.65. The molecule has 7 heteroatoms. The zero-order chi connectivity index (χ0) is 14.1. The lowest BCUT2D eigenvalue weighted by Gasteiger charge is -1.98. The molecule has 0 atom stereocenters. The van der Waals surface area contributed by atoms with Crippen LogP contribution in [0.15, 0.2) is 41.1 Å². The largest absolute Gasteiger partial charge is 0.333 e. The lowest BCUT2D eigenvalue weighted by Crippen LogP contribution is -1.84. The van der Waals surface area contributed by atoms with Crippen LogP contribution >= 0.6 is 34.8 Å². The van der Waals surface area contributed by atoms with Crippen LogP contribution in [-0.2, 0) is 0 Å². The van der Waals surface area contributed by atoms with Crippen molar-refractivity contribution in [1.29, 1.82) is 0 Å². The van der Waals surface area contributed by atoms with E-state index in [1.807, 2.05) is 0 Å². The van der Waals surface area contributed by atoms with E-state index < -0.39 is 0 Å². The molecule has 1 aromatic carbocycles. The van der Waals surface area contributed by atoms with Crippen LogP contribution in [0.1, 0.15) is 0 Å². The van der Waals surface area contributed by atoms with Crippen LogP contribution in [0.4, 0.5) is 0 Å². The topological polar surface area (TPSA) is 51.8 Å². The number of benzene rings is 1. The fraction of sp³-hybridized carbons (Fsp3) is 0. The average molecular weight is 327 g/mol. The van der Waals surface area contributed by atoms with Crippen LogP contribution in [0.25, 0.3) is 22.8 Å². The van der Waals surface area contributed by atoms with Crippen LogP contribution in [0, 0.1) is 0 Å². The minimum absolute atomic E-state index is 0.282. The summed E-state index contributed by atoms with van der Waals surface area (Å²) in [5, 5.41) is 5.18. The number of halogens is 3. The maximum atomic E-state index is 6.11. The summed E-state index contributed by atoms with van der Waals surface area (Å²) in [4.78, 5) is 8.23. The van der Waals surface area contributed by atoms with Gasteiger partial charge in [0.15, 0.2) is 0 Å². The van der Waals surface area contributed by atoms with Gasteiger partial charge in [-0.05, 0) is 30.3 Å². The Morgan fingerprint density at radius 2 is 1.85 bits per heavy atom. The molecule has 0 bridgehead atoms. The zero-order valence-corrected chi connectivity index (χ0v) is 12.1. The Bertz CT molecular complexity index is 773. The number of rotatable bonds is 2. The van der Waals surface area contributed by atoms with Gasteiger partial charge in [0, 0.05) is 16.8 Å². The Kier molecular flexibility index (Phi) is 3.61. The van der Waals surface area contributed by atoms with E-state index in [1.165, 1.54) is 0 Å². The number of nitrogens with zero attached hydrogens (tertiary/aromatic N) is 3. The lowest BCUT2D eigenvalue weighted by molar-refractivity contribution is 0.432. The molecular weight excluding hydrogens is 321 g/mol. The molecule has 0 saturated heterocycles. The molecule has 0 spiro atoms. The fourth-order valence-corrected chi connectivity index (χ4v) is 2.35. The molecule has 3 aromatic rings. The summed E-state index contributed by atoms with van der Waals surface area (Å²) in [7, 11) is 0. The molecule has 20 heavy (non-hydrogen) atoms. The highest BCUT2D eigenvalue weighted by atomic mass is 35.5. The summed E-state index contributed by atoms with van der Waals surface area (Å²) >= 11 is 17.9. The second-order valence-electron chi connectivity index (χ2n) is 3.89. The first kappa shape index (κ1) is 13.4. The minimum atomic E-state index is 0.282. The summed E-state index contributed by atoms with van der Waals surface area (Å²) in [6.07, 6.45) is 1.58. The van der Waals surface area contributed by atoms with Gasteiger partial charge in [0.25, 0.3) is 5.89 Å². The monoisotopic (exact) mass is 325 g/mol. The Morgan fingerprint density at radius 3 is 2.60 bits per heavy atom. The summed E-state index contributed by atoms with van der Waals surface area (Å²) in [6, 6.07) is 8.53. The Balaban J connectivity index is 2.04. The van der Waals surface area contributed by atoms with Crippen LogP contribution in [0.5, 0.6) is 0 Å². The third-order valence-electron chi connectivity index (χ3n) is 2.59. The molecule has 2 heterocycles. The maximum Gasteiger partial charge on any atom is 0.261 e. The number of hydrogen-bond donors (Lipinski definition) is 0. The Morgan fingerprint density at radius 1 is 1.00 bits per heavy atom. The summed E-state index contributed by atoms with van der Waals surface area (Å²) < 4.78 is 5.19. The van der Waals surface area contributed by atoms with Gasteiger partial charge in [-0.15, -0.1) is 0 Å². The van der Waals surface area contributed by atoms with Gasteiger partial charge in [0.2, 0.25) is 5.82 Å². The molecule has 0 radical (unpaired) electrons. The molecule has 0 fully saturated rings. The highest BCUT2D eigenvalue weighted by molar-refractivity contribution is 6.36. The van der Waals surface area contributed by atoms with E-state index in [4.69, 9.17) is 39.3 Å². The molecule has 0 aliphatic heterocycles. The summed E-state index contributed by atoms with van der Waals surface area (Å²) in [5.41, 5.74) is 1.20. The normalized spacial score (nSPS) is 10.8. The highest BCUT2D eigenvalue weighted by Crippen LogP contribution is 2.31. The molecule has 2 aromatic heterocycles. The van der Waals surface area contributed by atoms with Crippen LogP contribution < -0.4 is 0 Å². The van der Waals surface area contributed by atoms with E-state index in [9.17, 15) is 0 Å². The number of hydrogen-bond acceptors (Lipinski definition) is 4. The Labute approximate surface area is 129 Å². The molecule has 4 nitrogen and oxygen atoms in total. The molecule has 0 N–H and O–H groups in total. The second-order valence-corrected chi connectivity index (χ2v) is 5.09. The third-order valence-corrected chi connectivity index (χ3v) is 3.44. The lowest BCUT2D eigenvalue weighted by atomic mass is 10.2. The predicted molar refractivity (Wildman–Crippen MR) is 78.0 cm³/mol. The second kappa shape index (κ2) is 5.40. The number of aromatic nitrogens is 3. The molecule has 0 saturated carbocycles. The van der Waals surface area contributed by atoms with Crippen molar-refractivity contribution in [3.05, 3.63) is 51.7 Å². The van der Waals surface area contributed by atoms with E-state index in [-0.39, 0.29) is 5.89 Å². The van der Waals surface area contributed by atoms with Gasteiger partial charge in [0.05, 0.1) is 10.6 Å². The molecule has 0 unspecified atom stereocenters. The van der Waals surface area contributed by atoms with Gasteiger partial charge < -0.3 is 4.52 Å². The van der Waals surface area contributed by atoms with E-state index >= 15 is 0 Å². The van der Waals surface area contributed by atoms with Gasteiger partial charge in [-0.2, -0.15) is 4.98 Å². The molecular formula is C13H6Cl3N3O. The van der Waals surface area contributed by atoms with E-state index in [1.54, 1.807) is 36.5 Å². The van der Waals surface area contributed by atoms with Crippen molar-refractivity contribution in [2.24, 2.45) is 0 Å². The molecule has 0 amide bonds. The van der Waals surface area contributed by atoms with Gasteiger partial charge in [0.1, 0.15) is 5.15 Å². The summed E-state index contributed by atoms with van der Waals surface area (Å²) in [6.45, 7) is 0. The van der Waals surface area contributed by atoms with Crippen LogP contribution in [0.2, 0.25) is 15.2 Å². The zero-order valence-electron chi connectivity index (χ0n) is 9.85. The molecule has 3 rings (SSSR count). The van der Waals surface area contributed by atoms with E-state index in [2.05, 4.69) is 15.1 Å². The molecule has 0 aliphatic carbocycles. The van der Waals surface area contributed by atoms with Gasteiger partial charge in [-0.1, -0.05) is 40.0 Å². The smallest absolute Gasteiger partial charge is 0.261 e. The van der Waals surface area contributed by atoms with E-state index in [0.717, 1.165) is 0 Å². The first-order valence-electron chi connectivity index (χ1n) is 5.55. The minimum Gasteiger partial charge on any atom is -0.333 e. The Hall–Kier alpha value is -1.62. The first-order valence-corrected chi connectivity index (χ1v) is 6.68. The standard InChI is InChI=1S/C13H6Cl3N3O/c14-7-3-4-8(10(15)6-7)12-18-13(20-19-12)9-2-1-5-17-11(9)16/h1-6H. The molecule has 0 aliphatic rings.